The molecule has 0 spiro atoms. The number of ether oxygens (including phenoxy) is 1. The molecule has 4 nitrogen and oxygen atoms in total. The SMILES string of the molecule is CCCc1ccc2c3c(C(N)=O)cccc3n(Cc3cccc(OC)c3)c2c1. The van der Waals surface area contributed by atoms with Crippen LogP contribution in [0.2, 0.25) is 0 Å². The Bertz CT molecular complexity index is 1170. The molecular weight excluding hydrogens is 348 g/mol. The van der Waals surface area contributed by atoms with E-state index in [-0.39, 0.29) is 0 Å². The molecule has 1 aromatic heterocycles. The number of hydrogen-bond acceptors (Lipinski definition) is 2. The van der Waals surface area contributed by atoms with Gasteiger partial charge in [0.15, 0.2) is 0 Å². The number of nitrogens with zero attached hydrogens (tertiary/aromatic N) is 1. The average molecular weight is 372 g/mol. The van der Waals surface area contributed by atoms with Gasteiger partial charge in [0, 0.05) is 28.4 Å². The highest BCUT2D eigenvalue weighted by atomic mass is 16.5. The summed E-state index contributed by atoms with van der Waals surface area (Å²) in [6.45, 7) is 2.87. The maximum atomic E-state index is 12.1. The topological polar surface area (TPSA) is 57.2 Å². The number of nitrogens with two attached hydrogens (primary N) is 1. The van der Waals surface area contributed by atoms with Crippen LogP contribution >= 0.6 is 0 Å². The third-order valence-corrected chi connectivity index (χ3v) is 5.23. The normalized spacial score (nSPS) is 11.2. The molecule has 0 aliphatic heterocycles. The molecular formula is C24H24N2O2. The lowest BCUT2D eigenvalue weighted by Gasteiger charge is -2.10. The molecule has 0 bridgehead atoms. The quantitative estimate of drug-likeness (QED) is 0.523. The number of benzene rings is 3. The number of rotatable bonds is 6. The second-order valence-electron chi connectivity index (χ2n) is 7.10. The molecule has 0 saturated carbocycles. The molecule has 0 aliphatic carbocycles. The number of carbonyl (C=O) groups excluding carboxylic acids is 1. The number of carbonyl (C=O) groups is 1. The van der Waals surface area contributed by atoms with E-state index in [2.05, 4.69) is 41.8 Å². The van der Waals surface area contributed by atoms with Crippen molar-refractivity contribution in [1.29, 1.82) is 0 Å². The largest absolute Gasteiger partial charge is 0.497 e. The fraction of sp³-hybridized carbons (Fsp3) is 0.208. The smallest absolute Gasteiger partial charge is 0.249 e. The van der Waals surface area contributed by atoms with E-state index in [4.69, 9.17) is 10.5 Å². The summed E-state index contributed by atoms with van der Waals surface area (Å²) in [4.78, 5) is 12.1. The predicted octanol–water partition coefficient (Wildman–Crippen LogP) is 4.90. The monoisotopic (exact) mass is 372 g/mol. The van der Waals surface area contributed by atoms with Gasteiger partial charge in [0.05, 0.1) is 12.6 Å². The van der Waals surface area contributed by atoms with Crippen LogP contribution in [0.15, 0.2) is 60.7 Å². The Morgan fingerprint density at radius 2 is 1.82 bits per heavy atom. The molecule has 0 radical (unpaired) electrons. The van der Waals surface area contributed by atoms with Crippen LogP contribution in [0.1, 0.15) is 34.8 Å². The molecule has 3 aromatic carbocycles. The molecule has 0 saturated heterocycles. The van der Waals surface area contributed by atoms with Crippen LogP contribution in [0.25, 0.3) is 21.8 Å². The second kappa shape index (κ2) is 7.39. The Hall–Kier alpha value is -3.27. The maximum Gasteiger partial charge on any atom is 0.249 e. The van der Waals surface area contributed by atoms with Gasteiger partial charge in [-0.25, -0.2) is 0 Å². The number of primary amides is 1. The number of aromatic nitrogens is 1. The molecule has 142 valence electrons. The lowest BCUT2D eigenvalue weighted by Crippen LogP contribution is -2.11. The summed E-state index contributed by atoms with van der Waals surface area (Å²) in [6, 6.07) is 20.4. The van der Waals surface area contributed by atoms with E-state index in [1.54, 1.807) is 13.2 Å². The van der Waals surface area contributed by atoms with Gasteiger partial charge >= 0.3 is 0 Å². The summed E-state index contributed by atoms with van der Waals surface area (Å²) >= 11 is 0. The number of hydrogen-bond donors (Lipinski definition) is 1. The van der Waals surface area contributed by atoms with Crippen molar-refractivity contribution in [3.05, 3.63) is 77.4 Å². The number of aryl methyl sites for hydroxylation is 1. The predicted molar refractivity (Wildman–Crippen MR) is 114 cm³/mol. The maximum absolute atomic E-state index is 12.1. The molecule has 4 heteroatoms. The van der Waals surface area contributed by atoms with E-state index in [0.717, 1.165) is 46.0 Å². The van der Waals surface area contributed by atoms with Crippen molar-refractivity contribution < 1.29 is 9.53 Å². The van der Waals surface area contributed by atoms with Crippen LogP contribution in [0.4, 0.5) is 0 Å². The van der Waals surface area contributed by atoms with E-state index in [1.165, 1.54) is 5.56 Å². The summed E-state index contributed by atoms with van der Waals surface area (Å²) in [5.41, 5.74) is 10.8. The fourth-order valence-electron chi connectivity index (χ4n) is 3.96. The first-order chi connectivity index (χ1) is 13.6. The van der Waals surface area contributed by atoms with Gasteiger partial charge in [-0.3, -0.25) is 4.79 Å². The van der Waals surface area contributed by atoms with E-state index in [1.807, 2.05) is 24.3 Å². The van der Waals surface area contributed by atoms with E-state index in [0.29, 0.717) is 12.1 Å². The van der Waals surface area contributed by atoms with Crippen LogP contribution in [0.5, 0.6) is 5.75 Å². The minimum atomic E-state index is -0.399. The second-order valence-corrected chi connectivity index (χ2v) is 7.10. The van der Waals surface area contributed by atoms with Gasteiger partial charge in [0.2, 0.25) is 5.91 Å². The van der Waals surface area contributed by atoms with Gasteiger partial charge in [0.25, 0.3) is 0 Å². The summed E-state index contributed by atoms with van der Waals surface area (Å²) in [6.07, 6.45) is 2.12. The van der Waals surface area contributed by atoms with Crippen LogP contribution < -0.4 is 10.5 Å². The summed E-state index contributed by atoms with van der Waals surface area (Å²) in [5.74, 6) is 0.437. The highest BCUT2D eigenvalue weighted by Gasteiger charge is 2.17. The highest BCUT2D eigenvalue weighted by molar-refractivity contribution is 6.17. The molecule has 0 atom stereocenters. The minimum absolute atomic E-state index is 0.399. The van der Waals surface area contributed by atoms with Gasteiger partial charge < -0.3 is 15.0 Å². The first kappa shape index (κ1) is 18.1. The van der Waals surface area contributed by atoms with Gasteiger partial charge in [0.1, 0.15) is 5.75 Å². The Morgan fingerprint density at radius 3 is 2.57 bits per heavy atom. The molecule has 0 fully saturated rings. The lowest BCUT2D eigenvalue weighted by molar-refractivity contribution is 0.100. The highest BCUT2D eigenvalue weighted by Crippen LogP contribution is 2.33. The van der Waals surface area contributed by atoms with Crippen molar-refractivity contribution in [3.63, 3.8) is 0 Å². The third-order valence-electron chi connectivity index (χ3n) is 5.23. The lowest BCUT2D eigenvalue weighted by atomic mass is 10.0. The molecule has 0 aliphatic rings. The molecule has 1 amide bonds. The zero-order chi connectivity index (χ0) is 19.7. The van der Waals surface area contributed by atoms with E-state index >= 15 is 0 Å². The Balaban J connectivity index is 1.99. The van der Waals surface area contributed by atoms with Crippen molar-refractivity contribution >= 4 is 27.7 Å². The first-order valence-electron chi connectivity index (χ1n) is 9.59. The minimum Gasteiger partial charge on any atom is -0.497 e. The van der Waals surface area contributed by atoms with Gasteiger partial charge in [-0.15, -0.1) is 0 Å². The Kier molecular flexibility index (Phi) is 4.78. The van der Waals surface area contributed by atoms with Crippen molar-refractivity contribution in [2.45, 2.75) is 26.3 Å². The molecule has 1 heterocycles. The third kappa shape index (κ3) is 3.11. The number of amides is 1. The molecule has 4 aromatic rings. The molecule has 2 N–H and O–H groups in total. The van der Waals surface area contributed by atoms with Gasteiger partial charge in [-0.2, -0.15) is 0 Å². The van der Waals surface area contributed by atoms with Crippen molar-refractivity contribution in [1.82, 2.24) is 4.57 Å². The van der Waals surface area contributed by atoms with Gasteiger partial charge in [-0.1, -0.05) is 43.7 Å². The van der Waals surface area contributed by atoms with Crippen LogP contribution in [-0.2, 0) is 13.0 Å². The zero-order valence-electron chi connectivity index (χ0n) is 16.2. The van der Waals surface area contributed by atoms with Crippen molar-refractivity contribution in [2.24, 2.45) is 5.73 Å². The van der Waals surface area contributed by atoms with Crippen LogP contribution in [0, 0.1) is 0 Å². The van der Waals surface area contributed by atoms with Crippen molar-refractivity contribution in [2.75, 3.05) is 7.11 Å². The Morgan fingerprint density at radius 1 is 1.00 bits per heavy atom. The van der Waals surface area contributed by atoms with Crippen LogP contribution in [0.3, 0.4) is 0 Å². The zero-order valence-corrected chi connectivity index (χ0v) is 16.2. The summed E-state index contributed by atoms with van der Waals surface area (Å²) in [5, 5.41) is 1.99. The standard InChI is InChI=1S/C24H24N2O2/c1-3-6-16-11-12-19-22(14-16)26(15-17-7-4-8-18(13-17)28-2)21-10-5-9-20(23(19)21)24(25)27/h4-5,7-14H,3,6,15H2,1-2H3,(H2,25,27). The fourth-order valence-corrected chi connectivity index (χ4v) is 3.96. The van der Waals surface area contributed by atoms with Crippen molar-refractivity contribution in [3.8, 4) is 5.75 Å². The molecule has 28 heavy (non-hydrogen) atoms. The number of methoxy groups -OCH3 is 1. The van der Waals surface area contributed by atoms with Gasteiger partial charge in [-0.05, 0) is 47.9 Å². The summed E-state index contributed by atoms with van der Waals surface area (Å²) in [7, 11) is 1.68. The van der Waals surface area contributed by atoms with E-state index in [9.17, 15) is 4.79 Å². The number of fused-ring (bicyclic) bond motifs is 3. The van der Waals surface area contributed by atoms with Crippen LogP contribution in [-0.4, -0.2) is 17.6 Å². The molecule has 4 rings (SSSR count). The average Bonchev–Trinajstić information content (AvgIpc) is 3.01. The Labute approximate surface area is 164 Å². The molecule has 0 unspecified atom stereocenters. The first-order valence-corrected chi connectivity index (χ1v) is 9.59. The summed E-state index contributed by atoms with van der Waals surface area (Å²) < 4.78 is 7.65. The van der Waals surface area contributed by atoms with E-state index < -0.39 is 5.91 Å².